The van der Waals surface area contributed by atoms with Gasteiger partial charge in [-0.2, -0.15) is 10.5 Å². The number of hydrogen-bond acceptors (Lipinski definition) is 6. The summed E-state index contributed by atoms with van der Waals surface area (Å²) >= 11 is 6.59. The zero-order valence-corrected chi connectivity index (χ0v) is 22.9. The Kier molecular flexibility index (Phi) is 7.14. The Morgan fingerprint density at radius 3 is 2.51 bits per heavy atom. The summed E-state index contributed by atoms with van der Waals surface area (Å²) in [4.78, 5) is 0. The van der Waals surface area contributed by atoms with Crippen LogP contribution in [0.4, 0.5) is 4.39 Å². The van der Waals surface area contributed by atoms with E-state index in [1.807, 2.05) is 25.1 Å². The molecule has 204 valence electrons. The summed E-state index contributed by atoms with van der Waals surface area (Å²) in [5.74, 6) is 1.20. The van der Waals surface area contributed by atoms with Crippen LogP contribution < -0.4 is 18.9 Å². The van der Waals surface area contributed by atoms with Crippen molar-refractivity contribution >= 4 is 11.6 Å². The number of ether oxygens (including phenoxy) is 4. The molecule has 0 spiro atoms. The minimum Gasteiger partial charge on any atom is -0.488 e. The molecule has 0 unspecified atom stereocenters. The van der Waals surface area contributed by atoms with Gasteiger partial charge in [-0.15, -0.1) is 0 Å². The van der Waals surface area contributed by atoms with Crippen LogP contribution in [0.3, 0.4) is 0 Å². The van der Waals surface area contributed by atoms with E-state index in [9.17, 15) is 10.5 Å². The molecular formula is C33H24ClFN2O4. The van der Waals surface area contributed by atoms with Crippen LogP contribution >= 0.6 is 11.6 Å². The van der Waals surface area contributed by atoms with E-state index in [0.29, 0.717) is 70.6 Å². The van der Waals surface area contributed by atoms with Crippen molar-refractivity contribution in [1.29, 1.82) is 10.5 Å². The third kappa shape index (κ3) is 5.13. The van der Waals surface area contributed by atoms with Gasteiger partial charge in [-0.3, -0.25) is 0 Å². The Bertz CT molecular complexity index is 1730. The van der Waals surface area contributed by atoms with Gasteiger partial charge in [-0.25, -0.2) is 4.39 Å². The van der Waals surface area contributed by atoms with E-state index < -0.39 is 5.82 Å². The van der Waals surface area contributed by atoms with E-state index in [2.05, 4.69) is 12.1 Å². The maximum absolute atomic E-state index is 15.5. The maximum Gasteiger partial charge on any atom is 0.197 e. The predicted octanol–water partition coefficient (Wildman–Crippen LogP) is 7.61. The van der Waals surface area contributed by atoms with E-state index in [0.717, 1.165) is 22.3 Å². The van der Waals surface area contributed by atoms with Crippen LogP contribution in [0.25, 0.3) is 11.1 Å². The number of rotatable bonds is 6. The number of hydrogen-bond donors (Lipinski definition) is 0. The van der Waals surface area contributed by atoms with Crippen LogP contribution in [-0.4, -0.2) is 13.2 Å². The lowest BCUT2D eigenvalue weighted by molar-refractivity contribution is 0.164. The lowest BCUT2D eigenvalue weighted by atomic mass is 9.96. The van der Waals surface area contributed by atoms with Gasteiger partial charge in [0.05, 0.1) is 28.3 Å². The first-order valence-corrected chi connectivity index (χ1v) is 13.6. The van der Waals surface area contributed by atoms with Gasteiger partial charge >= 0.3 is 0 Å². The van der Waals surface area contributed by atoms with Gasteiger partial charge < -0.3 is 18.9 Å². The van der Waals surface area contributed by atoms with Crippen LogP contribution in [0.2, 0.25) is 5.02 Å². The van der Waals surface area contributed by atoms with E-state index in [1.165, 1.54) is 6.07 Å². The molecule has 1 aliphatic heterocycles. The molecule has 0 amide bonds. The molecular weight excluding hydrogens is 543 g/mol. The molecule has 0 radical (unpaired) electrons. The SMILES string of the molecule is Cc1cc(Cl)c(O[C@H]2CCc3c(-c4ccc5c(c4F)OCCO5)cccc32)cc1OCc1cc(C#N)cc(C#N)c1. The largest absolute Gasteiger partial charge is 0.488 e. The van der Waals surface area contributed by atoms with Crippen LogP contribution in [0.5, 0.6) is 23.0 Å². The highest BCUT2D eigenvalue weighted by Crippen LogP contribution is 2.45. The fraction of sp³-hybridized carbons (Fsp3) is 0.212. The topological polar surface area (TPSA) is 84.5 Å². The van der Waals surface area contributed by atoms with Crippen LogP contribution in [0.1, 0.15) is 45.9 Å². The van der Waals surface area contributed by atoms with Crippen molar-refractivity contribution in [3.8, 4) is 46.3 Å². The molecule has 0 saturated carbocycles. The Balaban J connectivity index is 1.25. The summed E-state index contributed by atoms with van der Waals surface area (Å²) in [5.41, 5.74) is 5.61. The number of nitrogens with zero attached hydrogens (tertiary/aromatic N) is 2. The quantitative estimate of drug-likeness (QED) is 0.239. The van der Waals surface area contributed by atoms with Crippen molar-refractivity contribution in [3.05, 3.63) is 105 Å². The number of aryl methyl sites for hydroxylation is 1. The normalized spacial score (nSPS) is 15.0. The van der Waals surface area contributed by atoms with Gasteiger partial charge in [0.15, 0.2) is 17.3 Å². The molecule has 41 heavy (non-hydrogen) atoms. The van der Waals surface area contributed by atoms with Crippen molar-refractivity contribution in [1.82, 2.24) is 0 Å². The molecule has 1 atom stereocenters. The number of halogens is 2. The number of benzene rings is 4. The Morgan fingerprint density at radius 1 is 0.951 bits per heavy atom. The fourth-order valence-electron chi connectivity index (χ4n) is 5.38. The van der Waals surface area contributed by atoms with Crippen molar-refractivity contribution < 1.29 is 23.3 Å². The smallest absolute Gasteiger partial charge is 0.197 e. The molecule has 1 heterocycles. The highest BCUT2D eigenvalue weighted by atomic mass is 35.5. The summed E-state index contributed by atoms with van der Waals surface area (Å²) in [6.07, 6.45) is 1.15. The molecule has 6 nitrogen and oxygen atoms in total. The Hall–Kier alpha value is -4.72. The van der Waals surface area contributed by atoms with Crippen LogP contribution in [0.15, 0.2) is 60.7 Å². The van der Waals surface area contributed by atoms with Gasteiger partial charge in [-0.1, -0.05) is 29.8 Å². The average molecular weight is 567 g/mol. The van der Waals surface area contributed by atoms with Gasteiger partial charge in [0.1, 0.15) is 37.4 Å². The fourth-order valence-corrected chi connectivity index (χ4v) is 5.64. The summed E-state index contributed by atoms with van der Waals surface area (Å²) in [7, 11) is 0. The van der Waals surface area contributed by atoms with Gasteiger partial charge in [0.25, 0.3) is 0 Å². The second kappa shape index (κ2) is 11.0. The molecule has 4 aromatic rings. The minimum atomic E-state index is -0.425. The van der Waals surface area contributed by atoms with Crippen molar-refractivity contribution in [3.63, 3.8) is 0 Å². The van der Waals surface area contributed by atoms with Crippen molar-refractivity contribution in [2.45, 2.75) is 32.5 Å². The lowest BCUT2D eigenvalue weighted by Crippen LogP contribution is -2.16. The lowest BCUT2D eigenvalue weighted by Gasteiger charge is -2.21. The Morgan fingerprint density at radius 2 is 1.73 bits per heavy atom. The van der Waals surface area contributed by atoms with Crippen LogP contribution in [-0.2, 0) is 13.0 Å². The summed E-state index contributed by atoms with van der Waals surface area (Å²) in [6, 6.07) is 21.9. The summed E-state index contributed by atoms with van der Waals surface area (Å²) < 4.78 is 39.1. The molecule has 0 fully saturated rings. The molecule has 0 N–H and O–H groups in total. The molecule has 0 saturated heterocycles. The molecule has 1 aliphatic carbocycles. The molecule has 0 aromatic heterocycles. The maximum atomic E-state index is 15.5. The molecule has 0 bridgehead atoms. The van der Waals surface area contributed by atoms with E-state index in [-0.39, 0.29) is 18.5 Å². The zero-order chi connectivity index (χ0) is 28.5. The van der Waals surface area contributed by atoms with Gasteiger partial charge in [-0.05, 0) is 84.0 Å². The second-order valence-electron chi connectivity index (χ2n) is 9.95. The number of fused-ring (bicyclic) bond motifs is 2. The van der Waals surface area contributed by atoms with Crippen LogP contribution in [0, 0.1) is 35.4 Å². The summed E-state index contributed by atoms with van der Waals surface area (Å²) in [5, 5.41) is 19.0. The molecule has 6 rings (SSSR count). The van der Waals surface area contributed by atoms with E-state index >= 15 is 4.39 Å². The van der Waals surface area contributed by atoms with Crippen molar-refractivity contribution in [2.24, 2.45) is 0 Å². The predicted molar refractivity (Wildman–Crippen MR) is 151 cm³/mol. The average Bonchev–Trinajstić information content (AvgIpc) is 3.41. The highest BCUT2D eigenvalue weighted by molar-refractivity contribution is 6.32. The van der Waals surface area contributed by atoms with Gasteiger partial charge in [0, 0.05) is 11.6 Å². The first-order chi connectivity index (χ1) is 19.9. The first-order valence-electron chi connectivity index (χ1n) is 13.2. The Labute approximate surface area is 242 Å². The highest BCUT2D eigenvalue weighted by Gasteiger charge is 2.29. The first kappa shape index (κ1) is 26.5. The summed E-state index contributed by atoms with van der Waals surface area (Å²) in [6.45, 7) is 2.77. The molecule has 2 aliphatic rings. The molecule has 4 aromatic carbocycles. The third-order valence-corrected chi connectivity index (χ3v) is 7.59. The second-order valence-corrected chi connectivity index (χ2v) is 10.4. The van der Waals surface area contributed by atoms with Crippen molar-refractivity contribution in [2.75, 3.05) is 13.2 Å². The monoisotopic (exact) mass is 566 g/mol. The zero-order valence-electron chi connectivity index (χ0n) is 22.2. The number of nitriles is 2. The molecule has 8 heteroatoms. The minimum absolute atomic E-state index is 0.152. The van der Waals surface area contributed by atoms with E-state index in [1.54, 1.807) is 36.4 Å². The van der Waals surface area contributed by atoms with E-state index in [4.69, 9.17) is 30.5 Å². The third-order valence-electron chi connectivity index (χ3n) is 7.30. The van der Waals surface area contributed by atoms with Gasteiger partial charge in [0.2, 0.25) is 0 Å². The standard InChI is InChI=1S/C33H24ClFN2O4/c1-19-11-27(34)31(15-30(19)40-18-22-13-20(16-36)12-21(14-22)17-37)41-28-7-5-24-23(3-2-4-25(24)28)26-6-8-29-33(32(26)35)39-10-9-38-29/h2-4,6,8,11-15,28H,5,7,9-10,18H2,1H3/t28-/m0/s1.